The monoisotopic (exact) mass is 1070 g/mol. The third kappa shape index (κ3) is 26.9. The van der Waals surface area contributed by atoms with Crippen LogP contribution in [-0.4, -0.2) is 65.9 Å². The smallest absolute Gasteiger partial charge is 0.211 e. The molecule has 0 atom stereocenters. The molecule has 0 saturated heterocycles. The molecule has 5 rings (SSSR count). The minimum absolute atomic E-state index is 0.101. The molecular formula is C39H40Cl6F3N21. The molecule has 21 nitrogen and oxygen atoms in total. The second-order valence-corrected chi connectivity index (χ2v) is 14.2. The molecule has 0 aliphatic heterocycles. The van der Waals surface area contributed by atoms with Crippen LogP contribution in [0.4, 0.5) is 13.2 Å². The molecule has 30 heteroatoms. The third-order valence-corrected chi connectivity index (χ3v) is 8.74. The molecule has 0 bridgehead atoms. The molecule has 0 aliphatic rings. The van der Waals surface area contributed by atoms with Gasteiger partial charge in [-0.2, -0.15) is 25.5 Å². The number of aromatic nitrogens is 1. The number of guanidine groups is 5. The number of nitrogens with zero attached hydrogens (tertiary/aromatic N) is 11. The van der Waals surface area contributed by atoms with E-state index in [1.807, 2.05) is 0 Å². The van der Waals surface area contributed by atoms with Gasteiger partial charge in [0.05, 0.1) is 51.2 Å². The molecular weight excluding hydrogens is 1030 g/mol. The average Bonchev–Trinajstić information content (AvgIpc) is 3.27. The van der Waals surface area contributed by atoms with Gasteiger partial charge in [0.1, 0.15) is 22.6 Å². The molecule has 0 fully saturated rings. The van der Waals surface area contributed by atoms with Crippen molar-refractivity contribution in [2.24, 2.45) is 108 Å². The number of halogens is 9. The molecule has 0 spiro atoms. The van der Waals surface area contributed by atoms with E-state index < -0.39 is 11.6 Å². The van der Waals surface area contributed by atoms with Crippen molar-refractivity contribution >= 4 is 130 Å². The summed E-state index contributed by atoms with van der Waals surface area (Å²) >= 11 is 34.4. The van der Waals surface area contributed by atoms with Crippen molar-refractivity contribution in [2.45, 2.75) is 0 Å². The maximum absolute atomic E-state index is 13.2. The maximum Gasteiger partial charge on any atom is 0.211 e. The lowest BCUT2D eigenvalue weighted by Gasteiger charge is -1.98. The van der Waals surface area contributed by atoms with Crippen LogP contribution in [-0.2, 0) is 0 Å². The fourth-order valence-corrected chi connectivity index (χ4v) is 4.75. The first-order valence-electron chi connectivity index (χ1n) is 18.1. The summed E-state index contributed by atoms with van der Waals surface area (Å²) in [7, 11) is 0. The molecule has 5 aromatic rings. The standard InChI is InChI=1S/C8H7Cl2FN4.C8H8Cl2N4.C8H8ClFN4.C8H9FN4.C7H8ClN5/c9-5-1-4(3-14-15-8(12)13)7(11)2-6(5)10;9-6-3-1-2-5(7(6)10)4-13-14-8(11)12;9-7-2-1-6(10)3-5(7)4-13-14-8(11)12;9-7-4-2-1-3-6(7)5-12-13-8(10)11;8-6-5(2-1-3-11-6)4-12-13-7(9)10/h1-3H,(H4,12,13,15);2*1-4H,(H4,11,12,14);1-5H,(H4,10,11,13);1-4H,(H4,9,10,13)/b14-3+;2*13-4+;12-5+;12-4+. The molecule has 1 heterocycles. The van der Waals surface area contributed by atoms with Crippen LogP contribution in [0.1, 0.15) is 27.8 Å². The van der Waals surface area contributed by atoms with E-state index in [0.29, 0.717) is 42.5 Å². The molecule has 20 N–H and O–H groups in total. The van der Waals surface area contributed by atoms with E-state index in [1.54, 1.807) is 54.7 Å². The highest BCUT2D eigenvalue weighted by molar-refractivity contribution is 6.43. The minimum Gasteiger partial charge on any atom is -0.369 e. The van der Waals surface area contributed by atoms with Gasteiger partial charge in [-0.1, -0.05) is 99.9 Å². The van der Waals surface area contributed by atoms with Gasteiger partial charge in [0.2, 0.25) is 29.8 Å². The Kier molecular flexibility index (Phi) is 28.2. The highest BCUT2D eigenvalue weighted by Gasteiger charge is 2.05. The van der Waals surface area contributed by atoms with Crippen LogP contribution >= 0.6 is 69.6 Å². The zero-order valence-corrected chi connectivity index (χ0v) is 39.7. The number of hydrogen-bond donors (Lipinski definition) is 10. The lowest BCUT2D eigenvalue weighted by atomic mass is 10.2. The number of hydrogen-bond acceptors (Lipinski definition) is 11. The number of benzene rings is 4. The van der Waals surface area contributed by atoms with E-state index in [-0.39, 0.29) is 51.2 Å². The Morgan fingerprint density at radius 3 is 1.33 bits per heavy atom. The fourth-order valence-electron chi connectivity index (χ4n) is 3.73. The van der Waals surface area contributed by atoms with Crippen molar-refractivity contribution in [3.63, 3.8) is 0 Å². The molecule has 0 aliphatic carbocycles. The summed E-state index contributed by atoms with van der Waals surface area (Å²) in [5, 5.41) is 36.4. The van der Waals surface area contributed by atoms with Gasteiger partial charge in [0, 0.05) is 39.0 Å². The second-order valence-electron chi connectivity index (χ2n) is 11.8. The van der Waals surface area contributed by atoms with Gasteiger partial charge in [0.25, 0.3) is 0 Å². The molecule has 4 aromatic carbocycles. The van der Waals surface area contributed by atoms with Gasteiger partial charge in [0.15, 0.2) is 0 Å². The van der Waals surface area contributed by atoms with Crippen molar-refractivity contribution in [1.82, 2.24) is 4.98 Å². The summed E-state index contributed by atoms with van der Waals surface area (Å²) in [5.74, 6) is -2.08. The van der Waals surface area contributed by atoms with Crippen molar-refractivity contribution in [1.29, 1.82) is 0 Å². The summed E-state index contributed by atoms with van der Waals surface area (Å²) in [6.07, 6.45) is 8.08. The topological polar surface area (TPSA) is 397 Å². The predicted molar refractivity (Wildman–Crippen MR) is 277 cm³/mol. The summed E-state index contributed by atoms with van der Waals surface area (Å²) in [5.41, 5.74) is 52.6. The Bertz CT molecular complexity index is 2650. The van der Waals surface area contributed by atoms with Crippen molar-refractivity contribution in [3.8, 4) is 0 Å². The lowest BCUT2D eigenvalue weighted by Crippen LogP contribution is -2.21. The largest absolute Gasteiger partial charge is 0.369 e. The highest BCUT2D eigenvalue weighted by atomic mass is 35.5. The Hall–Kier alpha value is -7.74. The van der Waals surface area contributed by atoms with Crippen LogP contribution in [0.25, 0.3) is 0 Å². The van der Waals surface area contributed by atoms with Gasteiger partial charge in [-0.3, -0.25) is 0 Å². The summed E-state index contributed by atoms with van der Waals surface area (Å²) in [4.78, 5) is 3.84. The first kappa shape index (κ1) is 59.3. The van der Waals surface area contributed by atoms with Gasteiger partial charge in [-0.25, -0.2) is 18.2 Å². The summed E-state index contributed by atoms with van der Waals surface area (Å²) in [6.45, 7) is 0. The van der Waals surface area contributed by atoms with E-state index in [4.69, 9.17) is 127 Å². The maximum atomic E-state index is 13.2. The quantitative estimate of drug-likeness (QED) is 0.0285. The Morgan fingerprint density at radius 2 is 0.826 bits per heavy atom. The van der Waals surface area contributed by atoms with Crippen LogP contribution in [0, 0.1) is 17.5 Å². The van der Waals surface area contributed by atoms with E-state index in [1.165, 1.54) is 55.2 Å². The molecule has 69 heavy (non-hydrogen) atoms. The Morgan fingerprint density at radius 1 is 0.391 bits per heavy atom. The predicted octanol–water partition coefficient (Wildman–Crippen LogP) is 5.20. The van der Waals surface area contributed by atoms with E-state index in [2.05, 4.69) is 56.0 Å². The third-order valence-electron chi connectivity index (χ3n) is 6.52. The van der Waals surface area contributed by atoms with Crippen LogP contribution < -0.4 is 57.3 Å². The Balaban J connectivity index is 0.000000432. The van der Waals surface area contributed by atoms with Gasteiger partial charge in [-0.05, 0) is 54.6 Å². The van der Waals surface area contributed by atoms with Crippen molar-refractivity contribution in [3.05, 3.63) is 167 Å². The first-order chi connectivity index (χ1) is 32.6. The zero-order chi connectivity index (χ0) is 51.9. The first-order valence-corrected chi connectivity index (χ1v) is 20.4. The number of pyridine rings is 1. The summed E-state index contributed by atoms with van der Waals surface area (Å²) in [6, 6.07) is 21.2. The normalized spacial score (nSPS) is 10.4. The number of rotatable bonds is 10. The summed E-state index contributed by atoms with van der Waals surface area (Å²) < 4.78 is 38.8. The zero-order valence-electron chi connectivity index (χ0n) is 35.1. The van der Waals surface area contributed by atoms with E-state index >= 15 is 0 Å². The number of nitrogens with two attached hydrogens (primary N) is 10. The lowest BCUT2D eigenvalue weighted by molar-refractivity contribution is 0.625. The van der Waals surface area contributed by atoms with Crippen LogP contribution in [0.3, 0.4) is 0 Å². The molecule has 0 radical (unpaired) electrons. The molecule has 1 aromatic heterocycles. The SMILES string of the molecule is NC(N)=N/N=C/c1cc(Cl)c(Cl)cc1F.NC(N)=N/N=C/c1cc(F)ccc1Cl.NC(N)=N/N=C/c1cccc(Cl)c1Cl.NC(N)=N/N=C/c1ccccc1F.NC(N)=N/N=C/c1cccnc1Cl. The van der Waals surface area contributed by atoms with Crippen LogP contribution in [0.5, 0.6) is 0 Å². The molecule has 0 amide bonds. The molecule has 0 saturated carbocycles. The molecule has 364 valence electrons. The van der Waals surface area contributed by atoms with Crippen molar-refractivity contribution < 1.29 is 13.2 Å². The second kappa shape index (κ2) is 32.9. The van der Waals surface area contributed by atoms with Crippen LogP contribution in [0.15, 0.2) is 142 Å². The van der Waals surface area contributed by atoms with Crippen molar-refractivity contribution in [2.75, 3.05) is 0 Å². The van der Waals surface area contributed by atoms with Gasteiger partial charge in [-0.15, -0.1) is 25.5 Å². The van der Waals surface area contributed by atoms with E-state index in [0.717, 1.165) is 12.3 Å². The van der Waals surface area contributed by atoms with Gasteiger partial charge >= 0.3 is 0 Å². The minimum atomic E-state index is -0.557. The highest BCUT2D eigenvalue weighted by Crippen LogP contribution is 2.25. The Labute approximate surface area is 421 Å². The van der Waals surface area contributed by atoms with E-state index in [9.17, 15) is 13.2 Å². The van der Waals surface area contributed by atoms with Crippen LogP contribution in [0.2, 0.25) is 30.3 Å². The average molecular weight is 1070 g/mol. The molecule has 0 unspecified atom stereocenters. The van der Waals surface area contributed by atoms with Gasteiger partial charge < -0.3 is 57.3 Å². The fraction of sp³-hybridized carbons (Fsp3) is 0.